The lowest BCUT2D eigenvalue weighted by Crippen LogP contribution is -2.28. The zero-order valence-corrected chi connectivity index (χ0v) is 13.3. The predicted molar refractivity (Wildman–Crippen MR) is 87.0 cm³/mol. The van der Waals surface area contributed by atoms with E-state index in [9.17, 15) is 9.59 Å². The van der Waals surface area contributed by atoms with Crippen molar-refractivity contribution >= 4 is 22.4 Å². The number of aryl methyl sites for hydroxylation is 1. The van der Waals surface area contributed by atoms with Gasteiger partial charge in [0.25, 0.3) is 11.5 Å². The van der Waals surface area contributed by atoms with Crippen LogP contribution in [-0.4, -0.2) is 21.4 Å². The van der Waals surface area contributed by atoms with Crippen molar-refractivity contribution in [2.24, 2.45) is 18.1 Å². The van der Waals surface area contributed by atoms with Gasteiger partial charge in [-0.15, -0.1) is 0 Å². The van der Waals surface area contributed by atoms with Crippen LogP contribution in [0.5, 0.6) is 0 Å². The highest BCUT2D eigenvalue weighted by Gasteiger charge is 2.15. The van der Waals surface area contributed by atoms with Gasteiger partial charge in [0.15, 0.2) is 5.69 Å². The Morgan fingerprint density at radius 1 is 1.36 bits per heavy atom. The van der Waals surface area contributed by atoms with Crippen LogP contribution in [0.15, 0.2) is 34.2 Å². The largest absolute Gasteiger partial charge is 0.292 e. The Hall–Kier alpha value is -2.50. The number of rotatable bonds is 4. The zero-order chi connectivity index (χ0) is 16.3. The first-order chi connectivity index (χ1) is 10.5. The second kappa shape index (κ2) is 6.51. The molecular formula is C16H20N4O2. The van der Waals surface area contributed by atoms with E-state index >= 15 is 0 Å². The van der Waals surface area contributed by atoms with Gasteiger partial charge in [-0.2, -0.15) is 10.2 Å². The van der Waals surface area contributed by atoms with Crippen LogP contribution >= 0.6 is 0 Å². The van der Waals surface area contributed by atoms with Crippen LogP contribution in [0.25, 0.3) is 10.8 Å². The number of benzene rings is 1. The number of hydrazone groups is 1. The quantitative estimate of drug-likeness (QED) is 0.694. The molecule has 1 aromatic heterocycles. The lowest BCUT2D eigenvalue weighted by molar-refractivity contribution is 0.0949. The standard InChI is InChI=1S/C16H20N4O2/c1-5-10(2)11(3)17-18-15(21)14-12-8-6-7-9-13(12)16(22)20(4)19-14/h6-10H,5H2,1-4H3,(H,18,21)/b17-11-/t10-/m1/s1. The summed E-state index contributed by atoms with van der Waals surface area (Å²) in [7, 11) is 1.53. The number of hydrogen-bond donors (Lipinski definition) is 1. The van der Waals surface area contributed by atoms with Gasteiger partial charge >= 0.3 is 0 Å². The van der Waals surface area contributed by atoms with Crippen molar-refractivity contribution in [3.63, 3.8) is 0 Å². The van der Waals surface area contributed by atoms with E-state index < -0.39 is 5.91 Å². The van der Waals surface area contributed by atoms with Crippen LogP contribution in [0.2, 0.25) is 0 Å². The molecule has 6 nitrogen and oxygen atoms in total. The average molecular weight is 300 g/mol. The predicted octanol–water partition coefficient (Wildman–Crippen LogP) is 2.09. The number of amides is 1. The van der Waals surface area contributed by atoms with Crippen LogP contribution in [0, 0.1) is 5.92 Å². The molecule has 0 aliphatic rings. The Labute approximate surface area is 128 Å². The average Bonchev–Trinajstić information content (AvgIpc) is 2.54. The molecular weight excluding hydrogens is 280 g/mol. The molecule has 0 saturated carbocycles. The molecule has 0 spiro atoms. The summed E-state index contributed by atoms with van der Waals surface area (Å²) in [6.07, 6.45) is 0.951. The summed E-state index contributed by atoms with van der Waals surface area (Å²) < 4.78 is 1.17. The fourth-order valence-electron chi connectivity index (χ4n) is 2.06. The maximum Gasteiger partial charge on any atom is 0.292 e. The Morgan fingerprint density at radius 3 is 2.64 bits per heavy atom. The first-order valence-corrected chi connectivity index (χ1v) is 7.26. The third-order valence-corrected chi connectivity index (χ3v) is 3.83. The highest BCUT2D eigenvalue weighted by atomic mass is 16.2. The van der Waals surface area contributed by atoms with Crippen molar-refractivity contribution in [3.8, 4) is 0 Å². The van der Waals surface area contributed by atoms with Crippen molar-refractivity contribution in [1.29, 1.82) is 0 Å². The molecule has 0 fully saturated rings. The number of nitrogens with zero attached hydrogens (tertiary/aromatic N) is 3. The maximum absolute atomic E-state index is 12.3. The molecule has 1 atom stereocenters. The van der Waals surface area contributed by atoms with Gasteiger partial charge in [0.1, 0.15) is 0 Å². The van der Waals surface area contributed by atoms with E-state index in [1.54, 1.807) is 24.3 Å². The summed E-state index contributed by atoms with van der Waals surface area (Å²) in [5, 5.41) is 9.18. The zero-order valence-electron chi connectivity index (χ0n) is 13.3. The molecule has 0 bridgehead atoms. The topological polar surface area (TPSA) is 76.3 Å². The monoisotopic (exact) mass is 300 g/mol. The number of carbonyl (C=O) groups excluding carboxylic acids is 1. The number of hydrogen-bond acceptors (Lipinski definition) is 4. The van der Waals surface area contributed by atoms with Crippen molar-refractivity contribution in [2.75, 3.05) is 0 Å². The van der Waals surface area contributed by atoms with Gasteiger partial charge in [0.05, 0.1) is 5.39 Å². The van der Waals surface area contributed by atoms with E-state index in [-0.39, 0.29) is 11.3 Å². The first kappa shape index (κ1) is 15.9. The molecule has 0 saturated heterocycles. The highest BCUT2D eigenvalue weighted by molar-refractivity contribution is 6.05. The van der Waals surface area contributed by atoms with Crippen molar-refractivity contribution in [1.82, 2.24) is 15.2 Å². The summed E-state index contributed by atoms with van der Waals surface area (Å²) in [6.45, 7) is 5.99. The molecule has 1 heterocycles. The van der Waals surface area contributed by atoms with Crippen molar-refractivity contribution < 1.29 is 4.79 Å². The summed E-state index contributed by atoms with van der Waals surface area (Å²) in [4.78, 5) is 24.4. The molecule has 0 unspecified atom stereocenters. The molecule has 1 aromatic carbocycles. The van der Waals surface area contributed by atoms with Gasteiger partial charge in [-0.1, -0.05) is 32.0 Å². The molecule has 0 aliphatic heterocycles. The van der Waals surface area contributed by atoms with Crippen molar-refractivity contribution in [2.45, 2.75) is 27.2 Å². The van der Waals surface area contributed by atoms with Gasteiger partial charge in [0, 0.05) is 18.1 Å². The van der Waals surface area contributed by atoms with Gasteiger partial charge in [-0.05, 0) is 25.3 Å². The number of aromatic nitrogens is 2. The fraction of sp³-hybridized carbons (Fsp3) is 0.375. The van der Waals surface area contributed by atoms with Gasteiger partial charge in [-0.3, -0.25) is 9.59 Å². The van der Waals surface area contributed by atoms with Crippen LogP contribution < -0.4 is 11.0 Å². The van der Waals surface area contributed by atoms with E-state index in [2.05, 4.69) is 22.5 Å². The van der Waals surface area contributed by atoms with E-state index in [1.165, 1.54) is 11.7 Å². The summed E-state index contributed by atoms with van der Waals surface area (Å²) in [6, 6.07) is 6.93. The Kier molecular flexibility index (Phi) is 4.70. The molecule has 0 aliphatic carbocycles. The van der Waals surface area contributed by atoms with E-state index in [0.717, 1.165) is 12.1 Å². The van der Waals surface area contributed by atoms with E-state index in [1.807, 2.05) is 13.8 Å². The van der Waals surface area contributed by atoms with E-state index in [4.69, 9.17) is 0 Å². The molecule has 1 amide bonds. The number of nitrogens with one attached hydrogen (secondary N) is 1. The SMILES string of the molecule is CC[C@@H](C)/C(C)=N\NC(=O)c1nn(C)c(=O)c2ccccc12. The minimum atomic E-state index is -0.422. The Bertz CT molecular complexity index is 792. The van der Waals surface area contributed by atoms with Crippen LogP contribution in [0.3, 0.4) is 0 Å². The van der Waals surface area contributed by atoms with Gasteiger partial charge in [-0.25, -0.2) is 10.1 Å². The minimum Gasteiger partial charge on any atom is -0.267 e. The van der Waals surface area contributed by atoms with E-state index in [0.29, 0.717) is 16.7 Å². The third-order valence-electron chi connectivity index (χ3n) is 3.83. The first-order valence-electron chi connectivity index (χ1n) is 7.26. The molecule has 116 valence electrons. The summed E-state index contributed by atoms with van der Waals surface area (Å²) in [5.74, 6) is -0.125. The third kappa shape index (κ3) is 3.05. The lowest BCUT2D eigenvalue weighted by atomic mass is 10.1. The molecule has 22 heavy (non-hydrogen) atoms. The van der Waals surface area contributed by atoms with Gasteiger partial charge < -0.3 is 0 Å². The second-order valence-electron chi connectivity index (χ2n) is 5.33. The maximum atomic E-state index is 12.3. The lowest BCUT2D eigenvalue weighted by Gasteiger charge is -2.09. The highest BCUT2D eigenvalue weighted by Crippen LogP contribution is 2.13. The Balaban J connectivity index is 2.41. The smallest absolute Gasteiger partial charge is 0.267 e. The van der Waals surface area contributed by atoms with Crippen LogP contribution in [-0.2, 0) is 7.05 Å². The molecule has 1 N–H and O–H groups in total. The second-order valence-corrected chi connectivity index (χ2v) is 5.33. The molecule has 2 rings (SSSR count). The molecule has 0 radical (unpaired) electrons. The molecule has 2 aromatic rings. The summed E-state index contributed by atoms with van der Waals surface area (Å²) in [5.41, 5.74) is 3.34. The summed E-state index contributed by atoms with van der Waals surface area (Å²) >= 11 is 0. The van der Waals surface area contributed by atoms with Crippen molar-refractivity contribution in [3.05, 3.63) is 40.3 Å². The fourth-order valence-corrected chi connectivity index (χ4v) is 2.06. The number of carbonyl (C=O) groups is 1. The van der Waals surface area contributed by atoms with Crippen LogP contribution in [0.4, 0.5) is 0 Å². The Morgan fingerprint density at radius 2 is 2.00 bits per heavy atom. The minimum absolute atomic E-state index is 0.193. The normalized spacial score (nSPS) is 13.2. The van der Waals surface area contributed by atoms with Gasteiger partial charge in [0.2, 0.25) is 0 Å². The number of fused-ring (bicyclic) bond motifs is 1. The molecule has 6 heteroatoms. The van der Waals surface area contributed by atoms with Crippen LogP contribution in [0.1, 0.15) is 37.7 Å².